The van der Waals surface area contributed by atoms with E-state index in [1.165, 1.54) is 0 Å². The van der Waals surface area contributed by atoms with Crippen LogP contribution in [0.15, 0.2) is 34.5 Å². The molecule has 3 N–H and O–H groups in total. The molecule has 1 aromatic heterocycles. The van der Waals surface area contributed by atoms with Crippen LogP contribution in [0.3, 0.4) is 0 Å². The first-order valence-electron chi connectivity index (χ1n) is 6.71. The fourth-order valence-electron chi connectivity index (χ4n) is 2.50. The van der Waals surface area contributed by atoms with E-state index in [-0.39, 0.29) is 6.04 Å². The number of nitrogens with two attached hydrogens (primary N) is 1. The van der Waals surface area contributed by atoms with Gasteiger partial charge in [-0.15, -0.1) is 11.3 Å². The molecule has 0 fully saturated rings. The number of thiophene rings is 1. The molecule has 0 saturated carbocycles. The number of hydrogen-bond acceptors (Lipinski definition) is 4. The fraction of sp³-hybridized carbons (Fsp3) is 0.333. The molecule has 0 spiro atoms. The largest absolute Gasteiger partial charge is 0.399 e. The van der Waals surface area contributed by atoms with E-state index in [2.05, 4.69) is 4.72 Å². The lowest BCUT2D eigenvalue weighted by atomic mass is 10.1. The van der Waals surface area contributed by atoms with Crippen LogP contribution in [0.5, 0.6) is 0 Å². The molecule has 6 heteroatoms. The third-order valence-electron chi connectivity index (χ3n) is 3.20. The number of nitrogen functional groups attached to an aromatic ring is 1. The molecule has 4 nitrogen and oxygen atoms in total. The van der Waals surface area contributed by atoms with E-state index in [0.29, 0.717) is 28.1 Å². The van der Waals surface area contributed by atoms with Gasteiger partial charge in [0.1, 0.15) is 0 Å². The molecule has 1 atom stereocenters. The standard InChI is InChI=1S/C15H20N2O2S2/c1-10-7-13(16)8-11(2)15(10)21(18,19)17-12(3)9-14-5-4-6-20-14/h4-8,12,17H,9,16H2,1-3H3. The van der Waals surface area contributed by atoms with E-state index in [1.807, 2.05) is 24.4 Å². The van der Waals surface area contributed by atoms with Crippen molar-refractivity contribution < 1.29 is 8.42 Å². The molecule has 0 aliphatic heterocycles. The third-order valence-corrected chi connectivity index (χ3v) is 5.99. The van der Waals surface area contributed by atoms with Crippen LogP contribution < -0.4 is 10.5 Å². The van der Waals surface area contributed by atoms with Crippen molar-refractivity contribution in [2.75, 3.05) is 5.73 Å². The monoisotopic (exact) mass is 324 g/mol. The van der Waals surface area contributed by atoms with E-state index >= 15 is 0 Å². The highest BCUT2D eigenvalue weighted by Gasteiger charge is 2.22. The summed E-state index contributed by atoms with van der Waals surface area (Å²) in [5.74, 6) is 0. The Morgan fingerprint density at radius 3 is 2.43 bits per heavy atom. The van der Waals surface area contributed by atoms with Crippen LogP contribution >= 0.6 is 11.3 Å². The number of hydrogen-bond donors (Lipinski definition) is 2. The summed E-state index contributed by atoms with van der Waals surface area (Å²) in [6, 6.07) is 7.19. The van der Waals surface area contributed by atoms with Gasteiger partial charge in [0.15, 0.2) is 0 Å². The number of anilines is 1. The highest BCUT2D eigenvalue weighted by Crippen LogP contribution is 2.23. The van der Waals surface area contributed by atoms with Crippen LogP contribution in [0.1, 0.15) is 22.9 Å². The quantitative estimate of drug-likeness (QED) is 0.831. The van der Waals surface area contributed by atoms with Crippen LogP contribution in [-0.2, 0) is 16.4 Å². The Kier molecular flexibility index (Phi) is 4.70. The Labute approximate surface area is 130 Å². The highest BCUT2D eigenvalue weighted by atomic mass is 32.2. The Bertz CT molecular complexity index is 699. The molecule has 1 heterocycles. The first-order valence-corrected chi connectivity index (χ1v) is 9.07. The summed E-state index contributed by atoms with van der Waals surface area (Å²) >= 11 is 1.63. The SMILES string of the molecule is Cc1cc(N)cc(C)c1S(=O)(=O)NC(C)Cc1cccs1. The van der Waals surface area contributed by atoms with Gasteiger partial charge in [-0.1, -0.05) is 6.07 Å². The Morgan fingerprint density at radius 2 is 1.90 bits per heavy atom. The summed E-state index contributed by atoms with van der Waals surface area (Å²) in [6.45, 7) is 5.41. The van der Waals surface area contributed by atoms with Gasteiger partial charge in [-0.3, -0.25) is 0 Å². The zero-order chi connectivity index (χ0) is 15.6. The maximum atomic E-state index is 12.6. The van der Waals surface area contributed by atoms with Gasteiger partial charge in [-0.25, -0.2) is 13.1 Å². The Hall–Kier alpha value is -1.37. The molecule has 2 rings (SSSR count). The third kappa shape index (κ3) is 3.84. The van der Waals surface area contributed by atoms with Gasteiger partial charge in [0.25, 0.3) is 0 Å². The van der Waals surface area contributed by atoms with Crippen LogP contribution in [0.2, 0.25) is 0 Å². The molecule has 0 saturated heterocycles. The fourth-order valence-corrected chi connectivity index (χ4v) is 5.04. The average molecular weight is 324 g/mol. The Morgan fingerprint density at radius 1 is 1.29 bits per heavy atom. The Balaban J connectivity index is 2.22. The summed E-state index contributed by atoms with van der Waals surface area (Å²) in [5, 5.41) is 1.99. The molecule has 1 unspecified atom stereocenters. The minimum absolute atomic E-state index is 0.162. The van der Waals surface area contributed by atoms with Crippen LogP contribution in [0.4, 0.5) is 5.69 Å². The first kappa shape index (κ1) is 16.0. The zero-order valence-electron chi connectivity index (χ0n) is 12.4. The second-order valence-electron chi connectivity index (χ2n) is 5.29. The second-order valence-corrected chi connectivity index (χ2v) is 7.97. The van der Waals surface area contributed by atoms with Crippen molar-refractivity contribution in [3.8, 4) is 0 Å². The molecule has 0 radical (unpaired) electrons. The van der Waals surface area contributed by atoms with Gasteiger partial charge in [0.2, 0.25) is 10.0 Å². The maximum Gasteiger partial charge on any atom is 0.241 e. The van der Waals surface area contributed by atoms with Gasteiger partial charge in [-0.2, -0.15) is 0 Å². The number of rotatable bonds is 5. The van der Waals surface area contributed by atoms with Crippen molar-refractivity contribution in [3.05, 3.63) is 45.6 Å². The lowest BCUT2D eigenvalue weighted by molar-refractivity contribution is 0.559. The summed E-state index contributed by atoms with van der Waals surface area (Å²) in [6.07, 6.45) is 0.684. The first-order chi connectivity index (χ1) is 9.79. The van der Waals surface area contributed by atoms with Crippen molar-refractivity contribution in [2.45, 2.75) is 38.1 Å². The van der Waals surface area contributed by atoms with E-state index < -0.39 is 10.0 Å². The summed E-state index contributed by atoms with van der Waals surface area (Å²) in [5.41, 5.74) is 7.67. The van der Waals surface area contributed by atoms with Gasteiger partial charge < -0.3 is 5.73 Å². The molecule has 0 aliphatic rings. The van der Waals surface area contributed by atoms with Crippen molar-refractivity contribution in [1.29, 1.82) is 0 Å². The number of nitrogens with one attached hydrogen (secondary N) is 1. The van der Waals surface area contributed by atoms with Gasteiger partial charge in [-0.05, 0) is 61.9 Å². The maximum absolute atomic E-state index is 12.6. The minimum atomic E-state index is -3.54. The van der Waals surface area contributed by atoms with Crippen LogP contribution in [0, 0.1) is 13.8 Å². The van der Waals surface area contributed by atoms with Crippen molar-refractivity contribution in [2.24, 2.45) is 0 Å². The predicted octanol–water partition coefficient (Wildman–Crippen LogP) is 2.86. The van der Waals surface area contributed by atoms with E-state index in [4.69, 9.17) is 5.73 Å². The summed E-state index contributed by atoms with van der Waals surface area (Å²) < 4.78 is 27.9. The van der Waals surface area contributed by atoms with E-state index in [0.717, 1.165) is 4.88 Å². The summed E-state index contributed by atoms with van der Waals surface area (Å²) in [7, 11) is -3.54. The van der Waals surface area contributed by atoms with Crippen LogP contribution in [0.25, 0.3) is 0 Å². The molecule has 0 amide bonds. The molecule has 1 aromatic carbocycles. The molecular weight excluding hydrogens is 304 g/mol. The molecule has 21 heavy (non-hydrogen) atoms. The topological polar surface area (TPSA) is 72.2 Å². The molecule has 2 aromatic rings. The van der Waals surface area contributed by atoms with Gasteiger partial charge >= 0.3 is 0 Å². The van der Waals surface area contributed by atoms with Crippen molar-refractivity contribution >= 4 is 27.0 Å². The normalized spacial score (nSPS) is 13.3. The van der Waals surface area contributed by atoms with Gasteiger partial charge in [0, 0.05) is 16.6 Å². The summed E-state index contributed by atoms with van der Waals surface area (Å²) in [4.78, 5) is 1.49. The lowest BCUT2D eigenvalue weighted by Gasteiger charge is -2.17. The van der Waals surface area contributed by atoms with Crippen LogP contribution in [-0.4, -0.2) is 14.5 Å². The average Bonchev–Trinajstić information content (AvgIpc) is 2.78. The second kappa shape index (κ2) is 6.17. The van der Waals surface area contributed by atoms with E-state index in [9.17, 15) is 8.42 Å². The predicted molar refractivity (Wildman–Crippen MR) is 88.1 cm³/mol. The molecule has 0 bridgehead atoms. The number of benzene rings is 1. The zero-order valence-corrected chi connectivity index (χ0v) is 14.0. The smallest absolute Gasteiger partial charge is 0.241 e. The lowest BCUT2D eigenvalue weighted by Crippen LogP contribution is -2.34. The molecule has 114 valence electrons. The van der Waals surface area contributed by atoms with E-state index in [1.54, 1.807) is 37.3 Å². The molecule has 0 aliphatic carbocycles. The highest BCUT2D eigenvalue weighted by molar-refractivity contribution is 7.89. The number of sulfonamides is 1. The van der Waals surface area contributed by atoms with Crippen molar-refractivity contribution in [1.82, 2.24) is 4.72 Å². The van der Waals surface area contributed by atoms with Gasteiger partial charge in [0.05, 0.1) is 4.90 Å². The van der Waals surface area contributed by atoms with Crippen molar-refractivity contribution in [3.63, 3.8) is 0 Å². The number of aryl methyl sites for hydroxylation is 2. The minimum Gasteiger partial charge on any atom is -0.399 e. The molecular formula is C15H20N2O2S2.